The van der Waals surface area contributed by atoms with Gasteiger partial charge in [-0.2, -0.15) is 8.42 Å². The minimum absolute atomic E-state index is 0.0140. The lowest BCUT2D eigenvalue weighted by Gasteiger charge is -2.05. The van der Waals surface area contributed by atoms with Crippen LogP contribution in [0.4, 0.5) is 0 Å². The molecule has 0 aliphatic rings. The molecule has 2 aromatic rings. The van der Waals surface area contributed by atoms with E-state index in [9.17, 15) is 13.2 Å². The fraction of sp³-hybridized carbons (Fsp3) is 0. The van der Waals surface area contributed by atoms with Crippen molar-refractivity contribution in [3.05, 3.63) is 59.1 Å². The molecule has 0 bridgehead atoms. The molecule has 0 atom stereocenters. The van der Waals surface area contributed by atoms with E-state index in [1.165, 1.54) is 42.5 Å². The number of hydrogen-bond acceptors (Lipinski definition) is 4. The number of halogens is 1. The van der Waals surface area contributed by atoms with Crippen molar-refractivity contribution in [1.82, 2.24) is 0 Å². The van der Waals surface area contributed by atoms with Gasteiger partial charge >= 0.3 is 5.97 Å². The zero-order chi connectivity index (χ0) is 14.8. The highest BCUT2D eigenvalue weighted by atomic mass is 35.5. The summed E-state index contributed by atoms with van der Waals surface area (Å²) in [5.41, 5.74) is 0.270. The summed E-state index contributed by atoms with van der Waals surface area (Å²) in [5, 5.41) is 0.481. The van der Waals surface area contributed by atoms with Crippen molar-refractivity contribution < 1.29 is 22.5 Å². The van der Waals surface area contributed by atoms with Crippen molar-refractivity contribution in [2.24, 2.45) is 0 Å². The Labute approximate surface area is 120 Å². The van der Waals surface area contributed by atoms with Crippen molar-refractivity contribution in [2.75, 3.05) is 0 Å². The van der Waals surface area contributed by atoms with E-state index in [1.54, 1.807) is 0 Å². The van der Waals surface area contributed by atoms with Gasteiger partial charge in [0.15, 0.2) is 0 Å². The van der Waals surface area contributed by atoms with E-state index in [0.717, 1.165) is 6.07 Å². The average Bonchev–Trinajstić information content (AvgIpc) is 2.38. The molecule has 0 unspecified atom stereocenters. The zero-order valence-corrected chi connectivity index (χ0v) is 11.6. The molecule has 1 N–H and O–H groups in total. The van der Waals surface area contributed by atoms with Crippen LogP contribution in [0.3, 0.4) is 0 Å². The Morgan fingerprint density at radius 1 is 1.10 bits per heavy atom. The van der Waals surface area contributed by atoms with Crippen molar-refractivity contribution >= 4 is 27.7 Å². The molecule has 2 aromatic carbocycles. The Morgan fingerprint density at radius 2 is 1.75 bits per heavy atom. The van der Waals surface area contributed by atoms with E-state index < -0.39 is 16.1 Å². The normalized spacial score (nSPS) is 11.1. The van der Waals surface area contributed by atoms with Gasteiger partial charge in [0, 0.05) is 11.1 Å². The van der Waals surface area contributed by atoms with Gasteiger partial charge in [-0.25, -0.2) is 4.79 Å². The van der Waals surface area contributed by atoms with E-state index in [1.807, 2.05) is 0 Å². The second-order valence-corrected chi connectivity index (χ2v) is 5.70. The lowest BCUT2D eigenvalue weighted by molar-refractivity contribution is 0.0734. The molecule has 20 heavy (non-hydrogen) atoms. The lowest BCUT2D eigenvalue weighted by Crippen LogP contribution is -2.08. The second-order valence-electron chi connectivity index (χ2n) is 3.85. The molecule has 0 aliphatic carbocycles. The van der Waals surface area contributed by atoms with Crippen LogP contribution in [0.5, 0.6) is 5.75 Å². The van der Waals surface area contributed by atoms with Gasteiger partial charge in [-0.3, -0.25) is 4.55 Å². The molecule has 5 nitrogen and oxygen atoms in total. The summed E-state index contributed by atoms with van der Waals surface area (Å²) in [6.07, 6.45) is 0. The molecule has 0 amide bonds. The molecule has 0 aliphatic heterocycles. The number of carbonyl (C=O) groups is 1. The Bertz CT molecular complexity index is 738. The molecule has 0 saturated carbocycles. The average molecular weight is 313 g/mol. The van der Waals surface area contributed by atoms with Crippen LogP contribution < -0.4 is 4.74 Å². The zero-order valence-electron chi connectivity index (χ0n) is 9.99. The maximum Gasteiger partial charge on any atom is 0.343 e. The van der Waals surface area contributed by atoms with Crippen LogP contribution in [0.1, 0.15) is 10.4 Å². The molecule has 0 aromatic heterocycles. The quantitative estimate of drug-likeness (QED) is 0.535. The minimum Gasteiger partial charge on any atom is -0.423 e. The molecular formula is C13H9ClO5S. The highest BCUT2D eigenvalue weighted by Crippen LogP contribution is 2.19. The van der Waals surface area contributed by atoms with E-state index in [-0.39, 0.29) is 16.2 Å². The van der Waals surface area contributed by atoms with Gasteiger partial charge in [-0.1, -0.05) is 17.7 Å². The van der Waals surface area contributed by atoms with Gasteiger partial charge in [0.25, 0.3) is 10.1 Å². The van der Waals surface area contributed by atoms with Crippen LogP contribution in [0, 0.1) is 0 Å². The number of carbonyl (C=O) groups excluding carboxylic acids is 1. The Kier molecular flexibility index (Phi) is 4.08. The monoisotopic (exact) mass is 312 g/mol. The number of rotatable bonds is 3. The number of hydrogen-bond donors (Lipinski definition) is 1. The third kappa shape index (κ3) is 3.57. The first-order chi connectivity index (χ1) is 9.36. The van der Waals surface area contributed by atoms with Crippen LogP contribution in [0.25, 0.3) is 0 Å². The van der Waals surface area contributed by atoms with Crippen LogP contribution in [0.2, 0.25) is 5.02 Å². The van der Waals surface area contributed by atoms with Crippen molar-refractivity contribution in [1.29, 1.82) is 0 Å². The molecule has 2 rings (SSSR count). The molecule has 7 heteroatoms. The number of benzene rings is 2. The molecule has 0 spiro atoms. The summed E-state index contributed by atoms with van der Waals surface area (Å²) in [4.78, 5) is 11.5. The summed E-state index contributed by atoms with van der Waals surface area (Å²) < 4.78 is 35.9. The standard InChI is InChI=1S/C13H9ClO5S/c14-10-6-4-9(5-7-10)13(15)19-11-2-1-3-12(8-11)20(16,17)18/h1-8H,(H,16,17,18). The number of esters is 1. The van der Waals surface area contributed by atoms with Crippen LogP contribution in [-0.4, -0.2) is 18.9 Å². The predicted molar refractivity (Wildman–Crippen MR) is 72.7 cm³/mol. The van der Waals surface area contributed by atoms with Gasteiger partial charge in [0.05, 0.1) is 10.5 Å². The molecule has 0 heterocycles. The third-order valence-electron chi connectivity index (χ3n) is 2.39. The van der Waals surface area contributed by atoms with Gasteiger partial charge in [-0.05, 0) is 36.4 Å². The van der Waals surface area contributed by atoms with Crippen LogP contribution >= 0.6 is 11.6 Å². The Morgan fingerprint density at radius 3 is 2.35 bits per heavy atom. The van der Waals surface area contributed by atoms with Crippen molar-refractivity contribution in [2.45, 2.75) is 4.90 Å². The SMILES string of the molecule is O=C(Oc1cccc(S(=O)(=O)O)c1)c1ccc(Cl)cc1. The summed E-state index contributed by atoms with van der Waals surface area (Å²) in [7, 11) is -4.34. The van der Waals surface area contributed by atoms with Crippen molar-refractivity contribution in [3.63, 3.8) is 0 Å². The smallest absolute Gasteiger partial charge is 0.343 e. The summed E-state index contributed by atoms with van der Waals surface area (Å²) in [6.45, 7) is 0. The maximum atomic E-state index is 11.8. The second kappa shape index (κ2) is 5.62. The maximum absolute atomic E-state index is 11.8. The predicted octanol–water partition coefficient (Wildman–Crippen LogP) is 2.81. The van der Waals surface area contributed by atoms with Gasteiger partial charge in [0.2, 0.25) is 0 Å². The first-order valence-corrected chi connectivity index (χ1v) is 7.23. The Balaban J connectivity index is 2.22. The highest BCUT2D eigenvalue weighted by Gasteiger charge is 2.13. The minimum atomic E-state index is -4.34. The van der Waals surface area contributed by atoms with E-state index in [4.69, 9.17) is 20.9 Å². The van der Waals surface area contributed by atoms with Gasteiger partial charge < -0.3 is 4.74 Å². The Hall–Kier alpha value is -1.89. The summed E-state index contributed by atoms with van der Waals surface area (Å²) in [6, 6.07) is 11.0. The first-order valence-electron chi connectivity index (χ1n) is 5.41. The van der Waals surface area contributed by atoms with E-state index >= 15 is 0 Å². The van der Waals surface area contributed by atoms with Gasteiger partial charge in [-0.15, -0.1) is 0 Å². The summed E-state index contributed by atoms with van der Waals surface area (Å²) in [5.74, 6) is -0.644. The largest absolute Gasteiger partial charge is 0.423 e. The van der Waals surface area contributed by atoms with Crippen molar-refractivity contribution in [3.8, 4) is 5.75 Å². The van der Waals surface area contributed by atoms with E-state index in [0.29, 0.717) is 5.02 Å². The highest BCUT2D eigenvalue weighted by molar-refractivity contribution is 7.85. The molecule has 104 valence electrons. The molecule has 0 radical (unpaired) electrons. The molecule has 0 saturated heterocycles. The number of ether oxygens (including phenoxy) is 1. The van der Waals surface area contributed by atoms with E-state index in [2.05, 4.69) is 0 Å². The third-order valence-corrected chi connectivity index (χ3v) is 3.50. The van der Waals surface area contributed by atoms with Crippen LogP contribution in [0.15, 0.2) is 53.4 Å². The van der Waals surface area contributed by atoms with Crippen LogP contribution in [-0.2, 0) is 10.1 Å². The fourth-order valence-corrected chi connectivity index (χ4v) is 2.09. The fourth-order valence-electron chi connectivity index (χ4n) is 1.45. The first kappa shape index (κ1) is 14.5. The lowest BCUT2D eigenvalue weighted by atomic mass is 10.2. The summed E-state index contributed by atoms with van der Waals surface area (Å²) >= 11 is 5.70. The molecular weight excluding hydrogens is 304 g/mol. The van der Waals surface area contributed by atoms with Gasteiger partial charge in [0.1, 0.15) is 5.75 Å². The topological polar surface area (TPSA) is 80.7 Å². The molecule has 0 fully saturated rings.